The number of rotatable bonds is 5. The normalized spacial score (nSPS) is 15.9. The molecule has 1 aliphatic heterocycles. The number of imide groups is 1. The van der Waals surface area contributed by atoms with Gasteiger partial charge in [0.1, 0.15) is 13.2 Å². The van der Waals surface area contributed by atoms with Gasteiger partial charge in [0.25, 0.3) is 5.91 Å². The molecule has 0 unspecified atom stereocenters. The molecule has 31 heavy (non-hydrogen) atoms. The van der Waals surface area contributed by atoms with Crippen molar-refractivity contribution in [2.45, 2.75) is 26.1 Å². The van der Waals surface area contributed by atoms with Crippen molar-refractivity contribution in [2.75, 3.05) is 6.54 Å². The Kier molecular flexibility index (Phi) is 7.59. The zero-order valence-electron chi connectivity index (χ0n) is 17.1. The van der Waals surface area contributed by atoms with Crippen molar-refractivity contribution < 1.29 is 23.9 Å². The van der Waals surface area contributed by atoms with Crippen LogP contribution in [0.5, 0.6) is 0 Å². The van der Waals surface area contributed by atoms with Crippen molar-refractivity contribution >= 4 is 18.1 Å². The second kappa shape index (κ2) is 10.8. The van der Waals surface area contributed by atoms with Gasteiger partial charge in [-0.2, -0.15) is 0 Å². The van der Waals surface area contributed by atoms with Crippen LogP contribution < -0.4 is 0 Å². The van der Waals surface area contributed by atoms with Gasteiger partial charge in [0, 0.05) is 6.42 Å². The summed E-state index contributed by atoms with van der Waals surface area (Å²) in [6.45, 7) is 3.68. The lowest BCUT2D eigenvalue weighted by Crippen LogP contribution is -2.54. The van der Waals surface area contributed by atoms with E-state index in [1.807, 2.05) is 54.6 Å². The van der Waals surface area contributed by atoms with Crippen LogP contribution in [-0.4, -0.2) is 34.7 Å². The van der Waals surface area contributed by atoms with E-state index in [0.29, 0.717) is 12.0 Å². The average Bonchev–Trinajstić information content (AvgIpc) is 2.79. The number of hydrogen-bond acceptors (Lipinski definition) is 5. The van der Waals surface area contributed by atoms with Crippen molar-refractivity contribution in [3.8, 4) is 0 Å². The lowest BCUT2D eigenvalue weighted by molar-refractivity contribution is -0.142. The van der Waals surface area contributed by atoms with E-state index in [1.165, 1.54) is 0 Å². The average molecular weight is 420 g/mol. The third kappa shape index (κ3) is 6.05. The van der Waals surface area contributed by atoms with Crippen LogP contribution in [0.25, 0.3) is 0 Å². The molecule has 7 heteroatoms. The van der Waals surface area contributed by atoms with Crippen LogP contribution in [0, 0.1) is 0 Å². The fraction of sp³-hybridized carbons (Fsp3) is 0.208. The molecule has 3 rings (SSSR count). The maximum Gasteiger partial charge on any atom is 0.436 e. The van der Waals surface area contributed by atoms with E-state index in [0.717, 1.165) is 21.1 Å². The molecule has 0 spiro atoms. The number of nitrogens with zero attached hydrogens (tertiary/aromatic N) is 2. The largest absolute Gasteiger partial charge is 0.443 e. The standard InChI is InChI=1S/C24H24N2O5/c1-2-19-14-9-15-22(27)26(24(29)31-18-21-12-7-4-8-13-21)25(16-19)23(28)30-17-20-10-5-3-6-11-20/h2-8,10-14H,1,9,15-18H2/b19-14-. The van der Waals surface area contributed by atoms with Gasteiger partial charge in [0.05, 0.1) is 6.54 Å². The number of carbonyl (C=O) groups excluding carboxylic acids is 3. The van der Waals surface area contributed by atoms with Gasteiger partial charge in [0.15, 0.2) is 0 Å². The van der Waals surface area contributed by atoms with Gasteiger partial charge in [-0.05, 0) is 23.1 Å². The summed E-state index contributed by atoms with van der Waals surface area (Å²) >= 11 is 0. The van der Waals surface area contributed by atoms with Crippen molar-refractivity contribution in [1.82, 2.24) is 10.0 Å². The van der Waals surface area contributed by atoms with Gasteiger partial charge >= 0.3 is 12.2 Å². The molecule has 0 saturated heterocycles. The highest BCUT2D eigenvalue weighted by Crippen LogP contribution is 2.17. The third-order valence-electron chi connectivity index (χ3n) is 4.63. The minimum Gasteiger partial charge on any atom is -0.443 e. The first-order valence-corrected chi connectivity index (χ1v) is 9.91. The molecule has 160 valence electrons. The summed E-state index contributed by atoms with van der Waals surface area (Å²) in [6, 6.07) is 18.2. The van der Waals surface area contributed by atoms with Gasteiger partial charge < -0.3 is 9.47 Å². The zero-order chi connectivity index (χ0) is 22.1. The van der Waals surface area contributed by atoms with Crippen LogP contribution in [0.4, 0.5) is 9.59 Å². The van der Waals surface area contributed by atoms with E-state index in [4.69, 9.17) is 9.47 Å². The SMILES string of the molecule is C=C/C1=C/CCC(=O)N(C(=O)OCc2ccccc2)N(C(=O)OCc2ccccc2)C1. The molecule has 0 saturated carbocycles. The number of amides is 3. The van der Waals surface area contributed by atoms with Crippen molar-refractivity contribution in [3.63, 3.8) is 0 Å². The van der Waals surface area contributed by atoms with E-state index in [9.17, 15) is 14.4 Å². The highest BCUT2D eigenvalue weighted by atomic mass is 16.6. The summed E-state index contributed by atoms with van der Waals surface area (Å²) in [5, 5.41) is 1.69. The Labute approximate surface area is 181 Å². The van der Waals surface area contributed by atoms with Crippen molar-refractivity contribution in [3.05, 3.63) is 96.1 Å². The quantitative estimate of drug-likeness (QED) is 0.706. The molecule has 2 aromatic rings. The molecule has 0 N–H and O–H groups in total. The number of carbonyl (C=O) groups is 3. The summed E-state index contributed by atoms with van der Waals surface area (Å²) in [7, 11) is 0. The molecule has 1 heterocycles. The maximum atomic E-state index is 12.9. The second-order valence-electron chi connectivity index (χ2n) is 6.87. The van der Waals surface area contributed by atoms with Crippen LogP contribution >= 0.6 is 0 Å². The molecule has 0 aliphatic carbocycles. The first-order valence-electron chi connectivity index (χ1n) is 9.91. The smallest absolute Gasteiger partial charge is 0.436 e. The molecule has 7 nitrogen and oxygen atoms in total. The molecule has 0 bridgehead atoms. The highest BCUT2D eigenvalue weighted by molar-refractivity contribution is 5.93. The highest BCUT2D eigenvalue weighted by Gasteiger charge is 2.35. The first-order chi connectivity index (χ1) is 15.1. The van der Waals surface area contributed by atoms with Crippen LogP contribution in [0.1, 0.15) is 24.0 Å². The Hall–Kier alpha value is -3.87. The third-order valence-corrected chi connectivity index (χ3v) is 4.63. The summed E-state index contributed by atoms with van der Waals surface area (Å²) in [4.78, 5) is 38.4. The van der Waals surface area contributed by atoms with Gasteiger partial charge in [-0.15, -0.1) is 5.01 Å². The zero-order valence-corrected chi connectivity index (χ0v) is 17.1. The summed E-state index contributed by atoms with van der Waals surface area (Å²) < 4.78 is 10.7. The van der Waals surface area contributed by atoms with Gasteiger partial charge in [-0.3, -0.25) is 4.79 Å². The monoisotopic (exact) mass is 420 g/mol. The van der Waals surface area contributed by atoms with Crippen LogP contribution in [0.15, 0.2) is 85.0 Å². The van der Waals surface area contributed by atoms with E-state index >= 15 is 0 Å². The summed E-state index contributed by atoms with van der Waals surface area (Å²) in [5.74, 6) is -0.547. The fourth-order valence-electron chi connectivity index (χ4n) is 3.00. The molecule has 3 amide bonds. The first kappa shape index (κ1) is 21.8. The molecule has 0 fully saturated rings. The predicted octanol–water partition coefficient (Wildman–Crippen LogP) is 4.61. The molecular formula is C24H24N2O5. The Morgan fingerprint density at radius 3 is 2.00 bits per heavy atom. The predicted molar refractivity (Wildman–Crippen MR) is 114 cm³/mol. The molecular weight excluding hydrogens is 396 g/mol. The molecule has 0 aromatic heterocycles. The van der Waals surface area contributed by atoms with E-state index in [-0.39, 0.29) is 26.2 Å². The van der Waals surface area contributed by atoms with Crippen LogP contribution in [-0.2, 0) is 27.5 Å². The van der Waals surface area contributed by atoms with Gasteiger partial charge in [0.2, 0.25) is 0 Å². The Morgan fingerprint density at radius 1 is 0.903 bits per heavy atom. The lowest BCUT2D eigenvalue weighted by Gasteiger charge is -2.33. The molecule has 1 aliphatic rings. The maximum absolute atomic E-state index is 12.9. The van der Waals surface area contributed by atoms with Crippen LogP contribution in [0.3, 0.4) is 0 Å². The van der Waals surface area contributed by atoms with Gasteiger partial charge in [-0.25, -0.2) is 14.6 Å². The van der Waals surface area contributed by atoms with E-state index in [1.54, 1.807) is 18.2 Å². The number of hydrogen-bond donors (Lipinski definition) is 0. The van der Waals surface area contributed by atoms with Crippen molar-refractivity contribution in [2.24, 2.45) is 0 Å². The number of benzene rings is 2. The second-order valence-corrected chi connectivity index (χ2v) is 6.87. The Bertz CT molecular complexity index is 956. The number of allylic oxidation sites excluding steroid dienone is 1. The Balaban J connectivity index is 1.78. The van der Waals surface area contributed by atoms with Crippen LogP contribution in [0.2, 0.25) is 0 Å². The fourth-order valence-corrected chi connectivity index (χ4v) is 3.00. The summed E-state index contributed by atoms with van der Waals surface area (Å²) in [6.07, 6.45) is 2.10. The number of ether oxygens (including phenoxy) is 2. The lowest BCUT2D eigenvalue weighted by atomic mass is 10.1. The summed E-state index contributed by atoms with van der Waals surface area (Å²) in [5.41, 5.74) is 2.25. The number of hydrazine groups is 1. The minimum atomic E-state index is -0.934. The molecule has 2 aromatic carbocycles. The van der Waals surface area contributed by atoms with Crippen molar-refractivity contribution in [1.29, 1.82) is 0 Å². The molecule has 0 atom stereocenters. The van der Waals surface area contributed by atoms with E-state index in [2.05, 4.69) is 6.58 Å². The van der Waals surface area contributed by atoms with Gasteiger partial charge in [-0.1, -0.05) is 79.4 Å². The molecule has 0 radical (unpaired) electrons. The van der Waals surface area contributed by atoms with E-state index < -0.39 is 18.1 Å². The Morgan fingerprint density at radius 2 is 1.45 bits per heavy atom. The minimum absolute atomic E-state index is 0.00437. The topological polar surface area (TPSA) is 76.2 Å².